The van der Waals surface area contributed by atoms with Crippen LogP contribution in [0, 0.1) is 0 Å². The summed E-state index contributed by atoms with van der Waals surface area (Å²) in [6, 6.07) is 7.09. The smallest absolute Gasteiger partial charge is 0.431 e. The number of pyridine rings is 1. The minimum atomic E-state index is -4.71. The number of nitrogens with one attached hydrogen (secondary N) is 2. The number of carbonyl (C=O) groups excluding carboxylic acids is 2. The number of ether oxygens (including phenoxy) is 1. The van der Waals surface area contributed by atoms with Gasteiger partial charge in [0.1, 0.15) is 11.3 Å². The first-order valence-electron chi connectivity index (χ1n) is 7.61. The van der Waals surface area contributed by atoms with Gasteiger partial charge in [-0.3, -0.25) is 9.59 Å². The Labute approximate surface area is 146 Å². The van der Waals surface area contributed by atoms with Gasteiger partial charge in [-0.15, -0.1) is 0 Å². The molecule has 0 aliphatic carbocycles. The lowest BCUT2D eigenvalue weighted by atomic mass is 10.2. The van der Waals surface area contributed by atoms with Gasteiger partial charge in [0.2, 0.25) is 0 Å². The molecule has 138 valence electrons. The van der Waals surface area contributed by atoms with E-state index in [1.807, 2.05) is 6.92 Å². The van der Waals surface area contributed by atoms with Crippen LogP contribution in [0.1, 0.15) is 39.8 Å². The molecule has 0 unspecified atom stereocenters. The highest BCUT2D eigenvalue weighted by molar-refractivity contribution is 6.04. The van der Waals surface area contributed by atoms with E-state index in [1.54, 1.807) is 4.98 Å². The largest absolute Gasteiger partial charge is 0.462 e. The van der Waals surface area contributed by atoms with Gasteiger partial charge < -0.3 is 15.0 Å². The van der Waals surface area contributed by atoms with E-state index in [2.05, 4.69) is 5.32 Å². The molecule has 1 aromatic heterocycles. The van der Waals surface area contributed by atoms with Crippen molar-refractivity contribution in [3.63, 3.8) is 0 Å². The van der Waals surface area contributed by atoms with Crippen LogP contribution < -0.4 is 10.9 Å². The second-order valence-electron chi connectivity index (χ2n) is 5.28. The van der Waals surface area contributed by atoms with E-state index >= 15 is 0 Å². The van der Waals surface area contributed by atoms with Crippen molar-refractivity contribution in [3.8, 4) is 0 Å². The Kier molecular flexibility index (Phi) is 5.81. The topological polar surface area (TPSA) is 88.3 Å². The number of alkyl halides is 3. The standard InChI is InChI=1S/C17H15F3N2O4/c1-2-9-26-16(25)10-3-5-11(6-4-10)21-14(23)12-7-8-13(17(18,19)20)22-15(12)24/h3-8H,2,9H2,1H3,(H,21,23)(H,22,24). The van der Waals surface area contributed by atoms with Crippen LogP contribution in [0.5, 0.6) is 0 Å². The van der Waals surface area contributed by atoms with Crippen molar-refractivity contribution in [1.82, 2.24) is 4.98 Å². The summed E-state index contributed by atoms with van der Waals surface area (Å²) < 4.78 is 42.5. The second-order valence-corrected chi connectivity index (χ2v) is 5.28. The summed E-state index contributed by atoms with van der Waals surface area (Å²) in [5.74, 6) is -1.38. The molecule has 26 heavy (non-hydrogen) atoms. The van der Waals surface area contributed by atoms with Crippen LogP contribution >= 0.6 is 0 Å². The van der Waals surface area contributed by atoms with Crippen LogP contribution in [0.4, 0.5) is 18.9 Å². The highest BCUT2D eigenvalue weighted by Crippen LogP contribution is 2.26. The summed E-state index contributed by atoms with van der Waals surface area (Å²) in [6.45, 7) is 2.14. The molecule has 1 aromatic carbocycles. The van der Waals surface area contributed by atoms with Gasteiger partial charge in [0.05, 0.1) is 12.2 Å². The van der Waals surface area contributed by atoms with Crippen LogP contribution in [0.15, 0.2) is 41.2 Å². The van der Waals surface area contributed by atoms with Gasteiger partial charge in [0.25, 0.3) is 11.5 Å². The maximum absolute atomic E-state index is 12.5. The highest BCUT2D eigenvalue weighted by atomic mass is 19.4. The summed E-state index contributed by atoms with van der Waals surface area (Å²) in [5.41, 5.74) is -2.32. The van der Waals surface area contributed by atoms with E-state index < -0.39 is 34.9 Å². The third kappa shape index (κ3) is 4.71. The lowest BCUT2D eigenvalue weighted by Crippen LogP contribution is -2.25. The Morgan fingerprint density at radius 2 is 1.77 bits per heavy atom. The Bertz CT molecular complexity index is 858. The summed E-state index contributed by atoms with van der Waals surface area (Å²) in [6.07, 6.45) is -4.03. The minimum Gasteiger partial charge on any atom is -0.462 e. The number of halogens is 3. The monoisotopic (exact) mass is 368 g/mol. The number of benzene rings is 1. The molecule has 0 atom stereocenters. The number of aromatic nitrogens is 1. The molecule has 0 spiro atoms. The van der Waals surface area contributed by atoms with E-state index in [9.17, 15) is 27.6 Å². The molecular formula is C17H15F3N2O4. The molecule has 0 bridgehead atoms. The summed E-state index contributed by atoms with van der Waals surface area (Å²) in [4.78, 5) is 37.0. The lowest BCUT2D eigenvalue weighted by molar-refractivity contribution is -0.141. The number of anilines is 1. The SMILES string of the molecule is CCCOC(=O)c1ccc(NC(=O)c2ccc(C(F)(F)F)[nH]c2=O)cc1. The first-order chi connectivity index (χ1) is 12.2. The normalized spacial score (nSPS) is 11.1. The van der Waals surface area contributed by atoms with Crippen molar-refractivity contribution in [3.05, 3.63) is 63.6 Å². The van der Waals surface area contributed by atoms with Gasteiger partial charge in [0.15, 0.2) is 0 Å². The zero-order valence-electron chi connectivity index (χ0n) is 13.6. The van der Waals surface area contributed by atoms with Crippen molar-refractivity contribution >= 4 is 17.6 Å². The first kappa shape index (κ1) is 19.2. The van der Waals surface area contributed by atoms with Gasteiger partial charge >= 0.3 is 12.1 Å². The number of rotatable bonds is 5. The van der Waals surface area contributed by atoms with Crippen molar-refractivity contribution in [1.29, 1.82) is 0 Å². The Hall–Kier alpha value is -3.10. The summed E-state index contributed by atoms with van der Waals surface area (Å²) in [5, 5.41) is 2.37. The molecule has 0 aliphatic rings. The van der Waals surface area contributed by atoms with E-state index in [-0.39, 0.29) is 17.9 Å². The molecule has 9 heteroatoms. The number of hydrogen-bond acceptors (Lipinski definition) is 4. The number of amides is 1. The number of H-pyrrole nitrogens is 1. The molecular weight excluding hydrogens is 353 g/mol. The van der Waals surface area contributed by atoms with E-state index in [4.69, 9.17) is 4.74 Å². The van der Waals surface area contributed by atoms with Crippen LogP contribution in [0.25, 0.3) is 0 Å². The lowest BCUT2D eigenvalue weighted by Gasteiger charge is -2.08. The van der Waals surface area contributed by atoms with Crippen LogP contribution in [-0.4, -0.2) is 23.5 Å². The second kappa shape index (κ2) is 7.85. The minimum absolute atomic E-state index is 0.265. The maximum atomic E-state index is 12.5. The summed E-state index contributed by atoms with van der Waals surface area (Å²) >= 11 is 0. The fourth-order valence-electron chi connectivity index (χ4n) is 1.98. The van der Waals surface area contributed by atoms with E-state index in [0.717, 1.165) is 6.07 Å². The van der Waals surface area contributed by atoms with Gasteiger partial charge in [0, 0.05) is 5.69 Å². The molecule has 1 heterocycles. The van der Waals surface area contributed by atoms with Crippen molar-refractivity contribution in [2.45, 2.75) is 19.5 Å². The zero-order chi connectivity index (χ0) is 19.3. The number of carbonyl (C=O) groups is 2. The van der Waals surface area contributed by atoms with Gasteiger partial charge in [-0.2, -0.15) is 13.2 Å². The molecule has 0 fully saturated rings. The third-order valence-corrected chi connectivity index (χ3v) is 3.28. The molecule has 1 amide bonds. The average Bonchev–Trinajstić information content (AvgIpc) is 2.59. The van der Waals surface area contributed by atoms with Gasteiger partial charge in [-0.05, 0) is 42.8 Å². The first-order valence-corrected chi connectivity index (χ1v) is 7.61. The van der Waals surface area contributed by atoms with Crippen molar-refractivity contribution in [2.24, 2.45) is 0 Å². The van der Waals surface area contributed by atoms with Crippen LogP contribution in [0.2, 0.25) is 0 Å². The molecule has 0 saturated carbocycles. The molecule has 2 rings (SSSR count). The fourth-order valence-corrected chi connectivity index (χ4v) is 1.98. The molecule has 6 nitrogen and oxygen atoms in total. The van der Waals surface area contributed by atoms with Crippen molar-refractivity contribution < 1.29 is 27.5 Å². The summed E-state index contributed by atoms with van der Waals surface area (Å²) in [7, 11) is 0. The predicted octanol–water partition coefficient (Wildman–Crippen LogP) is 3.21. The maximum Gasteiger partial charge on any atom is 0.431 e. The zero-order valence-corrected chi connectivity index (χ0v) is 13.6. The van der Waals surface area contributed by atoms with Gasteiger partial charge in [-0.1, -0.05) is 6.92 Å². The Balaban J connectivity index is 2.10. The van der Waals surface area contributed by atoms with Crippen LogP contribution in [0.3, 0.4) is 0 Å². The van der Waals surface area contributed by atoms with Crippen LogP contribution in [-0.2, 0) is 10.9 Å². The molecule has 0 radical (unpaired) electrons. The fraction of sp³-hybridized carbons (Fsp3) is 0.235. The quantitative estimate of drug-likeness (QED) is 0.794. The molecule has 2 aromatic rings. The number of hydrogen-bond donors (Lipinski definition) is 2. The van der Waals surface area contributed by atoms with Gasteiger partial charge in [-0.25, -0.2) is 4.79 Å². The molecule has 2 N–H and O–H groups in total. The highest BCUT2D eigenvalue weighted by Gasteiger charge is 2.32. The van der Waals surface area contributed by atoms with E-state index in [1.165, 1.54) is 24.3 Å². The third-order valence-electron chi connectivity index (χ3n) is 3.28. The molecule has 0 saturated heterocycles. The molecule has 0 aliphatic heterocycles. The Morgan fingerprint density at radius 3 is 2.31 bits per heavy atom. The van der Waals surface area contributed by atoms with Crippen molar-refractivity contribution in [2.75, 3.05) is 11.9 Å². The number of esters is 1. The Morgan fingerprint density at radius 1 is 1.12 bits per heavy atom. The van der Waals surface area contributed by atoms with E-state index in [0.29, 0.717) is 12.5 Å². The number of aromatic amines is 1. The predicted molar refractivity (Wildman–Crippen MR) is 87.0 cm³/mol. The average molecular weight is 368 g/mol.